The molecule has 1 aromatic rings. The number of aromatic nitrogens is 2. The number of rotatable bonds is 5. The number of nitrogens with two attached hydrogens (primary N) is 1. The zero-order chi connectivity index (χ0) is 14.5. The Kier molecular flexibility index (Phi) is 5.04. The van der Waals surface area contributed by atoms with Crippen LogP contribution in [0.4, 0.5) is 11.5 Å². The van der Waals surface area contributed by atoms with Crippen LogP contribution in [0.5, 0.6) is 5.88 Å². The number of nitrogens with one attached hydrogen (secondary N) is 1. The third kappa shape index (κ3) is 3.32. The molecular weight excluding hydrogens is 252 g/mol. The summed E-state index contributed by atoms with van der Waals surface area (Å²) < 4.78 is 5.52. The standard InChI is InChI=1S/C15H26N4O/c1-4-12-18-14(13(16)15(19-12)20-5-2)17-11-9-7-6-8-10(11)3/h10-11H,4-9,16H2,1-3H3,(H,17,18,19). The van der Waals surface area contributed by atoms with E-state index in [0.29, 0.717) is 30.1 Å². The Balaban J connectivity index is 2.22. The highest BCUT2D eigenvalue weighted by molar-refractivity contribution is 5.67. The maximum absolute atomic E-state index is 6.14. The van der Waals surface area contributed by atoms with Gasteiger partial charge in [0.25, 0.3) is 0 Å². The van der Waals surface area contributed by atoms with Crippen LogP contribution in [-0.2, 0) is 6.42 Å². The average Bonchev–Trinajstić information content (AvgIpc) is 2.45. The van der Waals surface area contributed by atoms with Gasteiger partial charge in [-0.05, 0) is 25.7 Å². The summed E-state index contributed by atoms with van der Waals surface area (Å²) in [4.78, 5) is 8.89. The Hall–Kier alpha value is -1.52. The largest absolute Gasteiger partial charge is 0.476 e. The zero-order valence-corrected chi connectivity index (χ0v) is 12.8. The van der Waals surface area contributed by atoms with Crippen LogP contribution in [0.2, 0.25) is 0 Å². The molecule has 0 aromatic carbocycles. The molecule has 1 heterocycles. The van der Waals surface area contributed by atoms with Crippen molar-refractivity contribution in [1.82, 2.24) is 9.97 Å². The van der Waals surface area contributed by atoms with E-state index < -0.39 is 0 Å². The molecule has 1 aliphatic carbocycles. The average molecular weight is 278 g/mol. The summed E-state index contributed by atoms with van der Waals surface area (Å²) in [6.07, 6.45) is 5.81. The molecule has 20 heavy (non-hydrogen) atoms. The first-order valence-corrected chi connectivity index (χ1v) is 7.71. The molecule has 2 rings (SSSR count). The highest BCUT2D eigenvalue weighted by atomic mass is 16.5. The maximum Gasteiger partial charge on any atom is 0.242 e. The molecule has 0 spiro atoms. The van der Waals surface area contributed by atoms with Crippen molar-refractivity contribution in [3.63, 3.8) is 0 Å². The number of hydrogen-bond donors (Lipinski definition) is 2. The summed E-state index contributed by atoms with van der Waals surface area (Å²) in [6.45, 7) is 6.82. The fraction of sp³-hybridized carbons (Fsp3) is 0.733. The predicted octanol–water partition coefficient (Wildman–Crippen LogP) is 3.01. The van der Waals surface area contributed by atoms with Gasteiger partial charge in [0.1, 0.15) is 11.5 Å². The van der Waals surface area contributed by atoms with E-state index in [-0.39, 0.29) is 0 Å². The summed E-state index contributed by atoms with van der Waals surface area (Å²) in [6, 6.07) is 0.445. The van der Waals surface area contributed by atoms with Crippen molar-refractivity contribution in [3.05, 3.63) is 5.82 Å². The van der Waals surface area contributed by atoms with Crippen molar-refractivity contribution in [2.45, 2.75) is 58.9 Å². The fourth-order valence-corrected chi connectivity index (χ4v) is 2.71. The van der Waals surface area contributed by atoms with Crippen molar-refractivity contribution in [2.75, 3.05) is 17.7 Å². The minimum atomic E-state index is 0.445. The van der Waals surface area contributed by atoms with Gasteiger partial charge in [-0.1, -0.05) is 26.7 Å². The van der Waals surface area contributed by atoms with Gasteiger partial charge in [-0.3, -0.25) is 0 Å². The lowest BCUT2D eigenvalue weighted by atomic mass is 9.86. The lowest BCUT2D eigenvalue weighted by molar-refractivity contribution is 0.326. The zero-order valence-electron chi connectivity index (χ0n) is 12.8. The number of hydrogen-bond acceptors (Lipinski definition) is 5. The molecule has 0 radical (unpaired) electrons. The number of aryl methyl sites for hydroxylation is 1. The van der Waals surface area contributed by atoms with Crippen molar-refractivity contribution in [2.24, 2.45) is 5.92 Å². The van der Waals surface area contributed by atoms with Crippen molar-refractivity contribution in [1.29, 1.82) is 0 Å². The first kappa shape index (κ1) is 14.9. The van der Waals surface area contributed by atoms with Crippen LogP contribution in [0, 0.1) is 5.92 Å². The summed E-state index contributed by atoms with van der Waals surface area (Å²) >= 11 is 0. The highest BCUT2D eigenvalue weighted by Crippen LogP contribution is 2.31. The second-order valence-electron chi connectivity index (χ2n) is 5.51. The van der Waals surface area contributed by atoms with Gasteiger partial charge in [-0.2, -0.15) is 4.98 Å². The molecule has 5 nitrogen and oxygen atoms in total. The normalized spacial score (nSPS) is 22.6. The summed E-state index contributed by atoms with van der Waals surface area (Å²) in [5.41, 5.74) is 6.67. The van der Waals surface area contributed by atoms with Crippen LogP contribution in [-0.4, -0.2) is 22.6 Å². The Morgan fingerprint density at radius 2 is 2.00 bits per heavy atom. The number of nitrogens with zero attached hydrogens (tertiary/aromatic N) is 2. The minimum absolute atomic E-state index is 0.445. The Morgan fingerprint density at radius 1 is 1.25 bits per heavy atom. The van der Waals surface area contributed by atoms with Crippen LogP contribution < -0.4 is 15.8 Å². The Morgan fingerprint density at radius 3 is 2.65 bits per heavy atom. The molecule has 5 heteroatoms. The van der Waals surface area contributed by atoms with Gasteiger partial charge in [-0.25, -0.2) is 4.98 Å². The van der Waals surface area contributed by atoms with Crippen LogP contribution >= 0.6 is 0 Å². The third-order valence-electron chi connectivity index (χ3n) is 3.99. The van der Waals surface area contributed by atoms with Gasteiger partial charge in [-0.15, -0.1) is 0 Å². The molecule has 3 N–H and O–H groups in total. The van der Waals surface area contributed by atoms with Gasteiger partial charge in [0.2, 0.25) is 5.88 Å². The van der Waals surface area contributed by atoms with Crippen LogP contribution in [0.25, 0.3) is 0 Å². The molecule has 1 aromatic heterocycles. The molecule has 0 aliphatic heterocycles. The molecule has 0 bridgehead atoms. The summed E-state index contributed by atoms with van der Waals surface area (Å²) in [7, 11) is 0. The third-order valence-corrected chi connectivity index (χ3v) is 3.99. The highest BCUT2D eigenvalue weighted by Gasteiger charge is 2.23. The molecule has 1 fully saturated rings. The second kappa shape index (κ2) is 6.77. The molecule has 2 unspecified atom stereocenters. The summed E-state index contributed by atoms with van der Waals surface area (Å²) in [5, 5.41) is 3.52. The van der Waals surface area contributed by atoms with Crippen LogP contribution in [0.15, 0.2) is 0 Å². The van der Waals surface area contributed by atoms with E-state index in [1.807, 2.05) is 13.8 Å². The lowest BCUT2D eigenvalue weighted by Gasteiger charge is -2.30. The minimum Gasteiger partial charge on any atom is -0.476 e. The molecule has 0 amide bonds. The van der Waals surface area contributed by atoms with Gasteiger partial charge < -0.3 is 15.8 Å². The predicted molar refractivity (Wildman–Crippen MR) is 82.0 cm³/mol. The number of nitrogen functional groups attached to an aromatic ring is 1. The van der Waals surface area contributed by atoms with E-state index in [2.05, 4.69) is 22.2 Å². The lowest BCUT2D eigenvalue weighted by Crippen LogP contribution is -2.31. The smallest absolute Gasteiger partial charge is 0.242 e. The molecule has 1 aliphatic rings. The van der Waals surface area contributed by atoms with E-state index in [0.717, 1.165) is 18.1 Å². The number of ether oxygens (including phenoxy) is 1. The second-order valence-corrected chi connectivity index (χ2v) is 5.51. The van der Waals surface area contributed by atoms with E-state index in [1.54, 1.807) is 0 Å². The van der Waals surface area contributed by atoms with E-state index >= 15 is 0 Å². The van der Waals surface area contributed by atoms with Crippen molar-refractivity contribution in [3.8, 4) is 5.88 Å². The Labute approximate surface area is 121 Å². The SMILES string of the molecule is CCOc1nc(CC)nc(NC2CCCCC2C)c1N. The fourth-order valence-electron chi connectivity index (χ4n) is 2.71. The quantitative estimate of drug-likeness (QED) is 0.866. The van der Waals surface area contributed by atoms with Crippen molar-refractivity contribution >= 4 is 11.5 Å². The van der Waals surface area contributed by atoms with Gasteiger partial charge in [0, 0.05) is 12.5 Å². The van der Waals surface area contributed by atoms with Crippen molar-refractivity contribution < 1.29 is 4.74 Å². The van der Waals surface area contributed by atoms with E-state index in [1.165, 1.54) is 25.7 Å². The molecule has 2 atom stereocenters. The van der Waals surface area contributed by atoms with Gasteiger partial charge in [0.05, 0.1) is 6.61 Å². The van der Waals surface area contributed by atoms with Crippen LogP contribution in [0.1, 0.15) is 52.3 Å². The first-order chi connectivity index (χ1) is 9.65. The summed E-state index contributed by atoms with van der Waals surface area (Å²) in [5.74, 6) is 2.66. The molecular formula is C15H26N4O. The van der Waals surface area contributed by atoms with Crippen LogP contribution in [0.3, 0.4) is 0 Å². The van der Waals surface area contributed by atoms with Gasteiger partial charge in [0.15, 0.2) is 5.82 Å². The van der Waals surface area contributed by atoms with E-state index in [9.17, 15) is 0 Å². The van der Waals surface area contributed by atoms with E-state index in [4.69, 9.17) is 10.5 Å². The monoisotopic (exact) mass is 278 g/mol. The molecule has 112 valence electrons. The molecule has 0 saturated heterocycles. The topological polar surface area (TPSA) is 73.1 Å². The first-order valence-electron chi connectivity index (χ1n) is 7.71. The Bertz CT molecular complexity index is 450. The number of anilines is 2. The molecule has 1 saturated carbocycles. The van der Waals surface area contributed by atoms with Gasteiger partial charge >= 0.3 is 0 Å². The maximum atomic E-state index is 6.14.